The smallest absolute Gasteiger partial charge is 0.326 e. The van der Waals surface area contributed by atoms with Crippen molar-refractivity contribution in [3.8, 4) is 5.75 Å². The number of hydrogen-bond donors (Lipinski definition) is 3. The number of rotatable bonds is 15. The highest BCUT2D eigenvalue weighted by Crippen LogP contribution is 2.21. The monoisotopic (exact) mass is 579 g/mol. The molecule has 2 aromatic heterocycles. The van der Waals surface area contributed by atoms with Crippen LogP contribution in [0.4, 0.5) is 20.6 Å². The number of pyridine rings is 1. The Bertz CT molecular complexity index is 1440. The predicted molar refractivity (Wildman–Crippen MR) is 156 cm³/mol. The summed E-state index contributed by atoms with van der Waals surface area (Å²) in [4.78, 5) is 23.3. The molecule has 0 aliphatic carbocycles. The summed E-state index contributed by atoms with van der Waals surface area (Å²) >= 11 is 0. The maximum atomic E-state index is 13.6. The number of unbranched alkanes of at least 4 members (excludes halogenated alkanes) is 1. The molecule has 11 heteroatoms. The van der Waals surface area contributed by atoms with Crippen LogP contribution in [0.3, 0.4) is 0 Å². The number of carbonyl (C=O) groups is 1. The highest BCUT2D eigenvalue weighted by atomic mass is 19.1. The number of carboxylic acids is 1. The molecule has 3 heterocycles. The summed E-state index contributed by atoms with van der Waals surface area (Å²) in [6, 6.07) is 13.8. The Morgan fingerprint density at radius 1 is 1.07 bits per heavy atom. The van der Waals surface area contributed by atoms with Gasteiger partial charge in [0.05, 0.1) is 0 Å². The minimum atomic E-state index is -1.02. The summed E-state index contributed by atoms with van der Waals surface area (Å²) < 4.78 is 38.4. The van der Waals surface area contributed by atoms with Gasteiger partial charge in [0.2, 0.25) is 0 Å². The van der Waals surface area contributed by atoms with Crippen LogP contribution >= 0.6 is 0 Å². The Kier molecular flexibility index (Phi) is 9.81. The summed E-state index contributed by atoms with van der Waals surface area (Å²) in [6.07, 6.45) is 5.04. The summed E-state index contributed by atoms with van der Waals surface area (Å²) in [6.45, 7) is 2.73. The quantitative estimate of drug-likeness (QED) is 0.157. The summed E-state index contributed by atoms with van der Waals surface area (Å²) in [5.41, 5.74) is 3.51. The van der Waals surface area contributed by atoms with Crippen molar-refractivity contribution in [3.63, 3.8) is 0 Å². The molecular weight excluding hydrogens is 544 g/mol. The van der Waals surface area contributed by atoms with Crippen molar-refractivity contribution in [2.75, 3.05) is 43.4 Å². The number of nitrogens with one attached hydrogen (secondary N) is 2. The van der Waals surface area contributed by atoms with Gasteiger partial charge in [-0.3, -0.25) is 4.90 Å². The average molecular weight is 580 g/mol. The van der Waals surface area contributed by atoms with Crippen LogP contribution in [-0.2, 0) is 17.6 Å². The molecule has 222 valence electrons. The number of hydrogen-bond acceptors (Lipinski definition) is 8. The molecule has 0 amide bonds. The lowest BCUT2D eigenvalue weighted by Crippen LogP contribution is -2.37. The van der Waals surface area contributed by atoms with Gasteiger partial charge in [-0.2, -0.15) is 4.98 Å². The number of benzene rings is 2. The van der Waals surface area contributed by atoms with Gasteiger partial charge in [-0.05, 0) is 68.8 Å². The topological polar surface area (TPSA) is 113 Å². The van der Waals surface area contributed by atoms with E-state index in [0.29, 0.717) is 30.7 Å². The number of fused-ring (bicyclic) bond motifs is 2. The molecule has 1 atom stereocenters. The zero-order chi connectivity index (χ0) is 29.3. The minimum Gasteiger partial charge on any atom is -0.492 e. The van der Waals surface area contributed by atoms with E-state index in [9.17, 15) is 18.7 Å². The van der Waals surface area contributed by atoms with Crippen LogP contribution in [0.1, 0.15) is 36.9 Å². The maximum Gasteiger partial charge on any atom is 0.326 e. The van der Waals surface area contributed by atoms with E-state index in [2.05, 4.69) is 32.7 Å². The third-order valence-electron chi connectivity index (χ3n) is 7.25. The first-order chi connectivity index (χ1) is 20.4. The number of nitrogens with zero attached hydrogens (tertiary/aromatic N) is 3. The number of aliphatic carboxylic acids is 1. The molecule has 3 N–H and O–H groups in total. The van der Waals surface area contributed by atoms with Gasteiger partial charge in [0.25, 0.3) is 6.01 Å². The third-order valence-corrected chi connectivity index (χ3v) is 7.25. The van der Waals surface area contributed by atoms with E-state index >= 15 is 0 Å². The third kappa shape index (κ3) is 8.16. The zero-order valence-corrected chi connectivity index (χ0v) is 23.3. The molecule has 0 radical (unpaired) electrons. The zero-order valence-electron chi connectivity index (χ0n) is 23.3. The number of aromatic nitrogens is 2. The Balaban J connectivity index is 1.17. The van der Waals surface area contributed by atoms with Gasteiger partial charge in [-0.1, -0.05) is 18.2 Å². The summed E-state index contributed by atoms with van der Waals surface area (Å²) in [5.74, 6) is -1.33. The van der Waals surface area contributed by atoms with Gasteiger partial charge in [-0.25, -0.2) is 18.6 Å². The molecule has 0 bridgehead atoms. The van der Waals surface area contributed by atoms with E-state index < -0.39 is 23.6 Å². The highest BCUT2D eigenvalue weighted by molar-refractivity contribution is 5.78. The Labute approximate surface area is 242 Å². The summed E-state index contributed by atoms with van der Waals surface area (Å²) in [7, 11) is 0. The first kappa shape index (κ1) is 29.2. The van der Waals surface area contributed by atoms with Crippen molar-refractivity contribution in [2.45, 2.75) is 44.6 Å². The Morgan fingerprint density at radius 3 is 2.71 bits per heavy atom. The highest BCUT2D eigenvalue weighted by Gasteiger charge is 2.21. The van der Waals surface area contributed by atoms with E-state index in [-0.39, 0.29) is 24.8 Å². The number of oxazole rings is 1. The molecule has 5 rings (SSSR count). The lowest BCUT2D eigenvalue weighted by molar-refractivity contribution is -0.138. The molecule has 2 aromatic carbocycles. The van der Waals surface area contributed by atoms with Crippen LogP contribution in [0.25, 0.3) is 11.1 Å². The van der Waals surface area contributed by atoms with Crippen molar-refractivity contribution < 1.29 is 27.8 Å². The number of carboxylic acid groups (broad SMARTS) is 1. The number of halogens is 2. The fourth-order valence-corrected chi connectivity index (χ4v) is 5.04. The van der Waals surface area contributed by atoms with E-state index in [0.717, 1.165) is 68.4 Å². The van der Waals surface area contributed by atoms with Crippen molar-refractivity contribution in [1.29, 1.82) is 0 Å². The molecule has 1 aliphatic heterocycles. The van der Waals surface area contributed by atoms with Crippen LogP contribution in [0.2, 0.25) is 0 Å². The van der Waals surface area contributed by atoms with Crippen LogP contribution < -0.4 is 15.4 Å². The van der Waals surface area contributed by atoms with E-state index in [1.54, 1.807) is 12.1 Å². The van der Waals surface area contributed by atoms with Crippen LogP contribution in [0, 0.1) is 11.6 Å². The summed E-state index contributed by atoms with van der Waals surface area (Å²) in [5, 5.41) is 16.1. The SMILES string of the molecule is O=C(O)C(CCN(CCCCc1ccc2c(n1)NCCC2)CCOc1cc(F)cc(F)c1)Nc1nc2ccccc2o1. The Morgan fingerprint density at radius 2 is 1.90 bits per heavy atom. The molecule has 42 heavy (non-hydrogen) atoms. The molecule has 0 spiro atoms. The molecule has 9 nitrogen and oxygen atoms in total. The largest absolute Gasteiger partial charge is 0.492 e. The molecule has 4 aromatic rings. The first-order valence-corrected chi connectivity index (χ1v) is 14.3. The fraction of sp³-hybridized carbons (Fsp3) is 0.387. The van der Waals surface area contributed by atoms with Gasteiger partial charge >= 0.3 is 5.97 Å². The minimum absolute atomic E-state index is 0.112. The van der Waals surface area contributed by atoms with Crippen molar-refractivity contribution in [2.24, 2.45) is 0 Å². The number of ether oxygens (including phenoxy) is 1. The number of para-hydroxylation sites is 2. The maximum absolute atomic E-state index is 13.6. The van der Waals surface area contributed by atoms with Crippen LogP contribution in [0.15, 0.2) is 59.0 Å². The van der Waals surface area contributed by atoms with Gasteiger partial charge in [0.15, 0.2) is 5.58 Å². The van der Waals surface area contributed by atoms with Gasteiger partial charge in [0, 0.05) is 43.5 Å². The molecule has 0 fully saturated rings. The first-order valence-electron chi connectivity index (χ1n) is 14.3. The molecule has 1 unspecified atom stereocenters. The standard InChI is InChI=1S/C31H35F2N5O4/c32-22-18-23(33)20-25(19-22)41-17-16-38(14-4-3-7-24-11-10-21-6-5-13-34-29(21)35-24)15-12-27(30(39)40)37-31-36-26-8-1-2-9-28(26)42-31/h1-2,8-11,18-20,27H,3-7,12-17H2,(H,34,35)(H,36,37)(H,39,40). The van der Waals surface area contributed by atoms with E-state index in [1.807, 2.05) is 12.1 Å². The van der Waals surface area contributed by atoms with Gasteiger partial charge < -0.3 is 24.9 Å². The average Bonchev–Trinajstić information content (AvgIpc) is 3.39. The molecule has 1 aliphatic rings. The predicted octanol–water partition coefficient (Wildman–Crippen LogP) is 5.52. The number of anilines is 2. The van der Waals surface area contributed by atoms with Gasteiger partial charge in [-0.15, -0.1) is 0 Å². The molecule has 0 saturated carbocycles. The lowest BCUT2D eigenvalue weighted by atomic mass is 10.1. The van der Waals surface area contributed by atoms with Crippen molar-refractivity contribution >= 4 is 28.9 Å². The molecular formula is C31H35F2N5O4. The molecule has 0 saturated heterocycles. The van der Waals surface area contributed by atoms with Crippen LogP contribution in [-0.4, -0.2) is 64.8 Å². The van der Waals surface area contributed by atoms with E-state index in [4.69, 9.17) is 14.1 Å². The fourth-order valence-electron chi connectivity index (χ4n) is 5.04. The number of aryl methyl sites for hydroxylation is 2. The van der Waals surface area contributed by atoms with Crippen molar-refractivity contribution in [1.82, 2.24) is 14.9 Å². The van der Waals surface area contributed by atoms with Crippen molar-refractivity contribution in [3.05, 3.63) is 77.5 Å². The normalized spacial score (nSPS) is 13.5. The van der Waals surface area contributed by atoms with Gasteiger partial charge in [0.1, 0.15) is 41.4 Å². The van der Waals surface area contributed by atoms with E-state index in [1.165, 1.54) is 5.56 Å². The second kappa shape index (κ2) is 14.1. The van der Waals surface area contributed by atoms with Crippen LogP contribution in [0.5, 0.6) is 5.75 Å². The second-order valence-electron chi connectivity index (χ2n) is 10.4. The second-order valence-corrected chi connectivity index (χ2v) is 10.4. The Hall–Kier alpha value is -4.25. The lowest BCUT2D eigenvalue weighted by Gasteiger charge is -2.24.